The van der Waals surface area contributed by atoms with E-state index in [2.05, 4.69) is 26.8 Å². The van der Waals surface area contributed by atoms with E-state index in [1.165, 1.54) is 0 Å². The predicted molar refractivity (Wildman–Crippen MR) is 249 cm³/mol. The molecule has 8 aromatic rings. The molecule has 0 bridgehead atoms. The molecule has 2 heterocycles. The van der Waals surface area contributed by atoms with Gasteiger partial charge in [0, 0.05) is 24.2 Å². The van der Waals surface area contributed by atoms with E-state index in [-0.39, 0.29) is 34.4 Å². The molecule has 4 heteroatoms. The Morgan fingerprint density at radius 2 is 1.41 bits per heavy atom. The topological polar surface area (TPSA) is 50.9 Å². The van der Waals surface area contributed by atoms with Gasteiger partial charge in [-0.3, -0.25) is 9.55 Å². The summed E-state index contributed by atoms with van der Waals surface area (Å²) in [6.45, 7) is 14.5. The molecule has 0 unspecified atom stereocenters. The summed E-state index contributed by atoms with van der Waals surface area (Å²) in [6.07, 6.45) is 1.56. The second kappa shape index (κ2) is 15.5. The van der Waals surface area contributed by atoms with E-state index in [0.717, 1.165) is 16.7 Å². The Balaban J connectivity index is 1.42. The maximum atomic E-state index is 11.8. The summed E-state index contributed by atoms with van der Waals surface area (Å²) in [6, 6.07) is 27.8. The van der Waals surface area contributed by atoms with Crippen LogP contribution in [-0.2, 0) is 5.41 Å². The summed E-state index contributed by atoms with van der Waals surface area (Å²) in [5.74, 6) is -1.83. The van der Waals surface area contributed by atoms with Crippen molar-refractivity contribution in [3.05, 3.63) is 167 Å². The number of phenolic OH excluding ortho intramolecular Hbond substituents is 1. The average molecular weight is 784 g/mol. The number of aromatic nitrogens is 3. The highest BCUT2D eigenvalue weighted by molar-refractivity contribution is 5.97. The van der Waals surface area contributed by atoms with Crippen LogP contribution in [0.2, 0.25) is 0 Å². The Morgan fingerprint density at radius 3 is 2.10 bits per heavy atom. The average Bonchev–Trinajstić information content (AvgIpc) is 3.67. The standard InChI is InChI=1S/C55H55N3O/c1-33(2)44-18-14-19-45(34(3)4)51(44)40-22-23-49(36(6)28-40)58-50-21-15-20-46(52(50)57-54(58)47-27-35(5)26-37(7)53(47)59)41-29-42(31-43(30-41)55(8,9)10)48-32-39(24-25-56-48)38-16-12-11-13-17-38/h11-34,59H,1-10H3/i6D3,11D,12D,13D,16D,17D,33D,34D. The van der Waals surface area contributed by atoms with E-state index in [0.29, 0.717) is 78.3 Å². The van der Waals surface area contributed by atoms with Crippen molar-refractivity contribution in [3.63, 3.8) is 0 Å². The second-order valence-electron chi connectivity index (χ2n) is 16.9. The summed E-state index contributed by atoms with van der Waals surface area (Å²) in [5.41, 5.74) is 9.66. The van der Waals surface area contributed by atoms with E-state index in [1.54, 1.807) is 62.7 Å². The molecule has 8 rings (SSSR count). The van der Waals surface area contributed by atoms with Crippen LogP contribution < -0.4 is 0 Å². The number of nitrogens with zero attached hydrogens (tertiary/aromatic N) is 3. The maximum absolute atomic E-state index is 11.8. The number of phenols is 1. The molecular weight excluding hydrogens is 719 g/mol. The number of para-hydroxylation sites is 1. The number of fused-ring (bicyclic) bond motifs is 1. The van der Waals surface area contributed by atoms with Crippen LogP contribution in [0.1, 0.15) is 107 Å². The van der Waals surface area contributed by atoms with E-state index >= 15 is 0 Å². The fourth-order valence-electron chi connectivity index (χ4n) is 7.97. The Labute approximate surface area is 364 Å². The smallest absolute Gasteiger partial charge is 0.149 e. The summed E-state index contributed by atoms with van der Waals surface area (Å²) in [4.78, 5) is 10.1. The molecule has 296 valence electrons. The minimum atomic E-state index is -2.66. The minimum absolute atomic E-state index is 0.00164. The van der Waals surface area contributed by atoms with Gasteiger partial charge in [-0.2, -0.15) is 0 Å². The highest BCUT2D eigenvalue weighted by atomic mass is 16.3. The van der Waals surface area contributed by atoms with Crippen LogP contribution in [0.3, 0.4) is 0 Å². The molecule has 0 aliphatic rings. The van der Waals surface area contributed by atoms with Gasteiger partial charge in [0.15, 0.2) is 0 Å². The molecular formula is C55H55N3O. The molecule has 2 aromatic heterocycles. The largest absolute Gasteiger partial charge is 0.507 e. The van der Waals surface area contributed by atoms with Crippen LogP contribution in [0.4, 0.5) is 0 Å². The maximum Gasteiger partial charge on any atom is 0.149 e. The normalized spacial score (nSPS) is 14.9. The van der Waals surface area contributed by atoms with Gasteiger partial charge in [0.25, 0.3) is 0 Å². The number of imidazole rings is 1. The van der Waals surface area contributed by atoms with Gasteiger partial charge >= 0.3 is 0 Å². The zero-order valence-electron chi connectivity index (χ0n) is 45.1. The number of pyridine rings is 1. The van der Waals surface area contributed by atoms with Crippen molar-refractivity contribution in [1.82, 2.24) is 14.5 Å². The van der Waals surface area contributed by atoms with Crippen molar-refractivity contribution >= 4 is 11.0 Å². The lowest BCUT2D eigenvalue weighted by Gasteiger charge is -2.22. The van der Waals surface area contributed by atoms with Gasteiger partial charge in [0.05, 0.1) is 34.8 Å². The van der Waals surface area contributed by atoms with Crippen LogP contribution in [0.25, 0.3) is 72.7 Å². The van der Waals surface area contributed by atoms with Crippen molar-refractivity contribution in [2.45, 2.75) is 86.4 Å². The van der Waals surface area contributed by atoms with Crippen LogP contribution in [0.15, 0.2) is 133 Å². The van der Waals surface area contributed by atoms with Crippen LogP contribution in [0, 0.1) is 20.7 Å². The van der Waals surface area contributed by atoms with Crippen LogP contribution in [-0.4, -0.2) is 19.6 Å². The predicted octanol–water partition coefficient (Wildman–Crippen LogP) is 14.9. The molecule has 0 spiro atoms. The van der Waals surface area contributed by atoms with Gasteiger partial charge in [0.1, 0.15) is 11.6 Å². The first-order valence-corrected chi connectivity index (χ1v) is 19.9. The lowest BCUT2D eigenvalue weighted by atomic mass is 9.83. The fourth-order valence-corrected chi connectivity index (χ4v) is 7.97. The van der Waals surface area contributed by atoms with Crippen molar-refractivity contribution in [1.29, 1.82) is 0 Å². The molecule has 0 saturated heterocycles. The lowest BCUT2D eigenvalue weighted by molar-refractivity contribution is 0.472. The molecule has 1 N–H and O–H groups in total. The minimum Gasteiger partial charge on any atom is -0.507 e. The van der Waals surface area contributed by atoms with E-state index in [4.69, 9.17) is 23.7 Å². The van der Waals surface area contributed by atoms with Crippen molar-refractivity contribution in [2.75, 3.05) is 0 Å². The number of benzene rings is 6. The van der Waals surface area contributed by atoms with E-state index in [9.17, 15) is 5.11 Å². The Bertz CT molecular complexity index is 3310. The highest BCUT2D eigenvalue weighted by Crippen LogP contribution is 2.43. The zero-order valence-corrected chi connectivity index (χ0v) is 35.1. The number of hydrogen-bond acceptors (Lipinski definition) is 3. The monoisotopic (exact) mass is 783 g/mol. The molecule has 0 fully saturated rings. The van der Waals surface area contributed by atoms with Gasteiger partial charge in [0.2, 0.25) is 0 Å². The molecule has 0 saturated carbocycles. The first-order chi connectivity index (χ1) is 32.1. The van der Waals surface area contributed by atoms with Crippen molar-refractivity contribution < 1.29 is 18.8 Å². The molecule has 0 atom stereocenters. The molecule has 0 aliphatic heterocycles. The quantitative estimate of drug-likeness (QED) is 0.167. The summed E-state index contributed by atoms with van der Waals surface area (Å²) >= 11 is 0. The molecule has 6 aromatic carbocycles. The molecule has 0 amide bonds. The molecule has 0 aliphatic carbocycles. The Kier molecular flexibility index (Phi) is 7.62. The third-order valence-electron chi connectivity index (χ3n) is 11.0. The number of aromatic hydroxyl groups is 1. The lowest BCUT2D eigenvalue weighted by Crippen LogP contribution is -2.11. The number of rotatable bonds is 8. The molecule has 0 radical (unpaired) electrons. The first-order valence-electron chi connectivity index (χ1n) is 24.9. The SMILES string of the molecule is [2H]c1c([2H])c([2H])c(-c2ccnc(-c3cc(-c4cccc5c4nc(-c4cc(C)cc(C)c4O)n5-c4ccc(-c5c(C([2H])(C)C)cccc5C([2H])(C)C)cc4C([2H])([2H])[2H])cc(C(C)(C)C)c3)c2)c([2H])c1[2H]. The summed E-state index contributed by atoms with van der Waals surface area (Å²) < 4.78 is 89.2. The van der Waals surface area contributed by atoms with Crippen LogP contribution in [0.5, 0.6) is 5.75 Å². The van der Waals surface area contributed by atoms with Crippen molar-refractivity contribution in [2.24, 2.45) is 0 Å². The second-order valence-corrected chi connectivity index (χ2v) is 16.9. The number of aryl methyl sites for hydroxylation is 3. The molecule has 4 nitrogen and oxygen atoms in total. The van der Waals surface area contributed by atoms with Gasteiger partial charge in [-0.15, -0.1) is 0 Å². The van der Waals surface area contributed by atoms with Gasteiger partial charge < -0.3 is 5.11 Å². The number of hydrogen-bond donors (Lipinski definition) is 1. The third kappa shape index (κ3) is 7.49. The summed E-state index contributed by atoms with van der Waals surface area (Å²) in [7, 11) is 0. The van der Waals surface area contributed by atoms with E-state index in [1.807, 2.05) is 80.6 Å². The zero-order chi connectivity index (χ0) is 50.4. The van der Waals surface area contributed by atoms with Gasteiger partial charge in [-0.1, -0.05) is 127 Å². The third-order valence-corrected chi connectivity index (χ3v) is 11.0. The molecule has 59 heavy (non-hydrogen) atoms. The first kappa shape index (κ1) is 29.0. The van der Waals surface area contributed by atoms with Gasteiger partial charge in [-0.25, -0.2) is 4.98 Å². The fraction of sp³-hybridized carbons (Fsp3) is 0.236. The van der Waals surface area contributed by atoms with Crippen LogP contribution >= 0.6 is 0 Å². The Morgan fingerprint density at radius 1 is 0.695 bits per heavy atom. The Hall–Kier alpha value is -6.26. The van der Waals surface area contributed by atoms with Gasteiger partial charge in [-0.05, 0) is 148 Å². The van der Waals surface area contributed by atoms with E-state index < -0.39 is 36.8 Å². The summed E-state index contributed by atoms with van der Waals surface area (Å²) in [5, 5.41) is 11.8. The highest BCUT2D eigenvalue weighted by Gasteiger charge is 2.24. The van der Waals surface area contributed by atoms with Crippen molar-refractivity contribution in [3.8, 4) is 67.5 Å².